The van der Waals surface area contributed by atoms with E-state index in [2.05, 4.69) is 0 Å². The fourth-order valence-electron chi connectivity index (χ4n) is 3.25. The van der Waals surface area contributed by atoms with Crippen molar-refractivity contribution < 1.29 is 29.3 Å². The van der Waals surface area contributed by atoms with Crippen LogP contribution in [0.2, 0.25) is 0 Å². The molecule has 0 amide bonds. The van der Waals surface area contributed by atoms with E-state index in [4.69, 9.17) is 14.4 Å². The summed E-state index contributed by atoms with van der Waals surface area (Å²) in [6.07, 6.45) is 2.82. The van der Waals surface area contributed by atoms with E-state index in [0.717, 1.165) is 6.07 Å². The zero-order valence-electron chi connectivity index (χ0n) is 17.6. The Morgan fingerprint density at radius 1 is 1.00 bits per heavy atom. The van der Waals surface area contributed by atoms with Crippen molar-refractivity contribution in [3.8, 4) is 40.4 Å². The molecule has 1 heterocycles. The number of carbonyl (C=O) groups excluding carboxylic acids is 1. The number of ether oxygens (including phenoxy) is 1. The van der Waals surface area contributed by atoms with Crippen molar-refractivity contribution in [3.05, 3.63) is 88.1 Å². The molecular weight excluding hydrogens is 438 g/mol. The zero-order chi connectivity index (χ0) is 24.2. The minimum Gasteiger partial charge on any atom is -0.508 e. The molecule has 1 aromatic heterocycles. The first-order valence-electron chi connectivity index (χ1n) is 10.0. The van der Waals surface area contributed by atoms with Gasteiger partial charge in [-0.3, -0.25) is 9.59 Å². The van der Waals surface area contributed by atoms with E-state index in [1.165, 1.54) is 36.4 Å². The molecule has 0 bridgehead atoms. The van der Waals surface area contributed by atoms with Crippen LogP contribution in [-0.4, -0.2) is 27.7 Å². The van der Waals surface area contributed by atoms with Crippen molar-refractivity contribution in [1.29, 1.82) is 5.26 Å². The van der Waals surface area contributed by atoms with Crippen molar-refractivity contribution in [1.82, 2.24) is 0 Å². The SMILES string of the molecule is N#Cc1ccc(/C=C/C(=O)COc2c(-c3ccc(O)cc3)oc3cc(O)cc(O)c3c2=O)cc1. The van der Waals surface area contributed by atoms with Gasteiger partial charge < -0.3 is 24.5 Å². The number of fused-ring (bicyclic) bond motifs is 1. The van der Waals surface area contributed by atoms with Gasteiger partial charge in [0.15, 0.2) is 18.2 Å². The molecule has 0 aliphatic rings. The van der Waals surface area contributed by atoms with Crippen LogP contribution in [0.1, 0.15) is 11.1 Å². The van der Waals surface area contributed by atoms with Gasteiger partial charge >= 0.3 is 0 Å². The predicted molar refractivity (Wildman–Crippen MR) is 124 cm³/mol. The summed E-state index contributed by atoms with van der Waals surface area (Å²) < 4.78 is 11.3. The summed E-state index contributed by atoms with van der Waals surface area (Å²) in [6, 6.07) is 16.5. The van der Waals surface area contributed by atoms with Crippen molar-refractivity contribution in [2.45, 2.75) is 0 Å². The third-order valence-corrected chi connectivity index (χ3v) is 4.91. The van der Waals surface area contributed by atoms with E-state index in [1.807, 2.05) is 6.07 Å². The number of phenolic OH excluding ortho intramolecular Hbond substituents is 3. The first-order valence-corrected chi connectivity index (χ1v) is 10.0. The van der Waals surface area contributed by atoms with Crippen LogP contribution < -0.4 is 10.2 Å². The van der Waals surface area contributed by atoms with Gasteiger partial charge in [-0.05, 0) is 48.0 Å². The largest absolute Gasteiger partial charge is 0.508 e. The minimum atomic E-state index is -0.731. The van der Waals surface area contributed by atoms with Crippen LogP contribution >= 0.6 is 0 Å². The van der Waals surface area contributed by atoms with Gasteiger partial charge in [0, 0.05) is 17.7 Å². The molecule has 4 rings (SSSR count). The van der Waals surface area contributed by atoms with Crippen LogP contribution in [0.5, 0.6) is 23.0 Å². The standard InChI is InChI=1S/C26H17NO7/c27-13-16-3-1-15(2-4-16)5-8-19(29)14-33-26-24(32)23-21(31)11-20(30)12-22(23)34-25(26)17-6-9-18(28)10-7-17/h1-12,28,30-31H,14H2/b8-5+. The molecule has 0 saturated heterocycles. The van der Waals surface area contributed by atoms with Gasteiger partial charge in [-0.15, -0.1) is 0 Å². The molecular formula is C26H17NO7. The first kappa shape index (κ1) is 22.2. The number of nitrogens with zero attached hydrogens (tertiary/aromatic N) is 1. The predicted octanol–water partition coefficient (Wildman–Crippen LogP) is 4.11. The molecule has 0 spiro atoms. The van der Waals surface area contributed by atoms with Crippen molar-refractivity contribution in [2.75, 3.05) is 6.61 Å². The van der Waals surface area contributed by atoms with Gasteiger partial charge in [-0.25, -0.2) is 0 Å². The molecule has 0 fully saturated rings. The number of aromatic hydroxyl groups is 3. The van der Waals surface area contributed by atoms with Gasteiger partial charge in [0.25, 0.3) is 0 Å². The molecule has 0 unspecified atom stereocenters. The number of phenols is 3. The Morgan fingerprint density at radius 3 is 2.38 bits per heavy atom. The maximum Gasteiger partial charge on any atom is 0.239 e. The molecule has 8 heteroatoms. The van der Waals surface area contributed by atoms with E-state index < -0.39 is 23.6 Å². The number of nitriles is 1. The second-order valence-electron chi connectivity index (χ2n) is 7.30. The highest BCUT2D eigenvalue weighted by Crippen LogP contribution is 2.36. The summed E-state index contributed by atoms with van der Waals surface area (Å²) >= 11 is 0. The topological polar surface area (TPSA) is 141 Å². The molecule has 3 N–H and O–H groups in total. The van der Waals surface area contributed by atoms with Crippen LogP contribution in [0.4, 0.5) is 0 Å². The molecule has 0 aliphatic heterocycles. The summed E-state index contributed by atoms with van der Waals surface area (Å²) in [7, 11) is 0. The lowest BCUT2D eigenvalue weighted by atomic mass is 10.1. The Kier molecular flexibility index (Phi) is 6.01. The maximum absolute atomic E-state index is 13.1. The Balaban J connectivity index is 1.68. The molecule has 34 heavy (non-hydrogen) atoms. The van der Waals surface area contributed by atoms with Crippen LogP contribution in [0.25, 0.3) is 28.4 Å². The average molecular weight is 455 g/mol. The highest BCUT2D eigenvalue weighted by atomic mass is 16.5. The molecule has 0 saturated carbocycles. The van der Waals surface area contributed by atoms with Crippen molar-refractivity contribution >= 4 is 22.8 Å². The fourth-order valence-corrected chi connectivity index (χ4v) is 3.25. The van der Waals surface area contributed by atoms with E-state index >= 15 is 0 Å². The molecule has 0 atom stereocenters. The molecule has 168 valence electrons. The van der Waals surface area contributed by atoms with E-state index in [-0.39, 0.29) is 34.0 Å². The van der Waals surface area contributed by atoms with E-state index in [0.29, 0.717) is 16.7 Å². The molecule has 0 aliphatic carbocycles. The lowest BCUT2D eigenvalue weighted by Gasteiger charge is -2.12. The summed E-state index contributed by atoms with van der Waals surface area (Å²) in [5, 5.41) is 38.2. The van der Waals surface area contributed by atoms with Crippen molar-refractivity contribution in [3.63, 3.8) is 0 Å². The number of ketones is 1. The van der Waals surface area contributed by atoms with E-state index in [9.17, 15) is 24.9 Å². The normalized spacial score (nSPS) is 10.9. The van der Waals surface area contributed by atoms with Gasteiger partial charge in [-0.2, -0.15) is 5.26 Å². The van der Waals surface area contributed by atoms with Crippen LogP contribution in [0.3, 0.4) is 0 Å². The second-order valence-corrected chi connectivity index (χ2v) is 7.30. The van der Waals surface area contributed by atoms with E-state index in [1.54, 1.807) is 30.3 Å². The summed E-state index contributed by atoms with van der Waals surface area (Å²) in [5.74, 6) is -1.60. The average Bonchev–Trinajstić information content (AvgIpc) is 2.82. The summed E-state index contributed by atoms with van der Waals surface area (Å²) in [5.41, 5.74) is 0.756. The van der Waals surface area contributed by atoms with Crippen molar-refractivity contribution in [2.24, 2.45) is 0 Å². The number of rotatable bonds is 6. The lowest BCUT2D eigenvalue weighted by molar-refractivity contribution is -0.116. The van der Waals surface area contributed by atoms with Gasteiger partial charge in [0.05, 0.1) is 11.6 Å². The first-order chi connectivity index (χ1) is 16.4. The highest BCUT2D eigenvalue weighted by Gasteiger charge is 2.21. The Morgan fingerprint density at radius 2 is 1.71 bits per heavy atom. The number of carbonyl (C=O) groups is 1. The van der Waals surface area contributed by atoms with Crippen LogP contribution in [-0.2, 0) is 4.79 Å². The zero-order valence-corrected chi connectivity index (χ0v) is 17.6. The third kappa shape index (κ3) is 4.59. The summed E-state index contributed by atoms with van der Waals surface area (Å²) in [4.78, 5) is 25.5. The molecule has 3 aromatic carbocycles. The van der Waals surface area contributed by atoms with Crippen LogP contribution in [0.15, 0.2) is 76.0 Å². The monoisotopic (exact) mass is 455 g/mol. The number of hydrogen-bond acceptors (Lipinski definition) is 8. The summed E-state index contributed by atoms with van der Waals surface area (Å²) in [6.45, 7) is -0.493. The quantitative estimate of drug-likeness (QED) is 0.369. The minimum absolute atomic E-state index is 0.00670. The third-order valence-electron chi connectivity index (χ3n) is 4.91. The smallest absolute Gasteiger partial charge is 0.239 e. The fraction of sp³-hybridized carbons (Fsp3) is 0.0385. The molecule has 4 aromatic rings. The lowest BCUT2D eigenvalue weighted by Crippen LogP contribution is -2.15. The molecule has 0 radical (unpaired) electrons. The molecule has 8 nitrogen and oxygen atoms in total. The Labute approximate surface area is 192 Å². The number of hydrogen-bond donors (Lipinski definition) is 3. The Bertz CT molecular complexity index is 1510. The number of benzene rings is 3. The van der Waals surface area contributed by atoms with Crippen LogP contribution in [0, 0.1) is 11.3 Å². The maximum atomic E-state index is 13.1. The second kappa shape index (κ2) is 9.22. The van der Waals surface area contributed by atoms with Gasteiger partial charge in [0.2, 0.25) is 11.2 Å². The Hall–Kier alpha value is -5.03. The van der Waals surface area contributed by atoms with Gasteiger partial charge in [0.1, 0.15) is 28.2 Å². The highest BCUT2D eigenvalue weighted by molar-refractivity contribution is 5.95. The van der Waals surface area contributed by atoms with Gasteiger partial charge in [-0.1, -0.05) is 18.2 Å².